The first-order valence-corrected chi connectivity index (χ1v) is 20.7. The van der Waals surface area contributed by atoms with E-state index in [0.29, 0.717) is 51.9 Å². The van der Waals surface area contributed by atoms with Crippen LogP contribution in [0.5, 0.6) is 5.75 Å². The minimum absolute atomic E-state index is 0.0590. The topological polar surface area (TPSA) is 142 Å². The van der Waals surface area contributed by atoms with Gasteiger partial charge in [-0.05, 0) is 35.9 Å². The zero-order valence-corrected chi connectivity index (χ0v) is 34.4. The summed E-state index contributed by atoms with van der Waals surface area (Å²) >= 11 is 5.77. The molecular formula is C41H33BrF4N8O4S2. The highest BCUT2D eigenvalue weighted by molar-refractivity contribution is 9.10. The fraction of sp³-hybridized carbons (Fsp3) is 0.171. The van der Waals surface area contributed by atoms with Crippen molar-refractivity contribution in [2.24, 2.45) is 10.2 Å². The lowest BCUT2D eigenvalue weighted by molar-refractivity contribution is -0.140. The molecule has 0 radical (unpaired) electrons. The molecule has 0 spiro atoms. The third kappa shape index (κ3) is 10.7. The Morgan fingerprint density at radius 3 is 2.45 bits per heavy atom. The van der Waals surface area contributed by atoms with E-state index in [4.69, 9.17) is 9.47 Å². The van der Waals surface area contributed by atoms with E-state index in [9.17, 15) is 27.2 Å². The number of carbonyl (C=O) groups is 2. The van der Waals surface area contributed by atoms with Gasteiger partial charge in [0.25, 0.3) is 5.91 Å². The van der Waals surface area contributed by atoms with Crippen LogP contribution in [0, 0.1) is 5.82 Å². The van der Waals surface area contributed by atoms with E-state index in [2.05, 4.69) is 52.2 Å². The monoisotopic (exact) mass is 920 g/mol. The molecule has 0 aliphatic carbocycles. The summed E-state index contributed by atoms with van der Waals surface area (Å²) in [4.78, 5) is 35.7. The molecule has 0 atom stereocenters. The van der Waals surface area contributed by atoms with Gasteiger partial charge in [0.2, 0.25) is 10.3 Å². The van der Waals surface area contributed by atoms with Crippen molar-refractivity contribution in [3.05, 3.63) is 146 Å². The van der Waals surface area contributed by atoms with Gasteiger partial charge in [0.1, 0.15) is 28.8 Å². The molecule has 2 amide bonds. The van der Waals surface area contributed by atoms with Crippen molar-refractivity contribution in [1.82, 2.24) is 20.6 Å². The van der Waals surface area contributed by atoms with Gasteiger partial charge in [0, 0.05) is 46.2 Å². The molecule has 2 aromatic heterocycles. The van der Waals surface area contributed by atoms with E-state index in [0.717, 1.165) is 44.8 Å². The number of aromatic nitrogens is 2. The number of anilines is 2. The minimum atomic E-state index is -4.81. The van der Waals surface area contributed by atoms with Gasteiger partial charge in [0.05, 0.1) is 30.7 Å². The molecule has 1 aliphatic rings. The maximum atomic E-state index is 13.7. The number of rotatable bonds is 17. The Hall–Kier alpha value is -5.86. The molecule has 1 aliphatic heterocycles. The van der Waals surface area contributed by atoms with E-state index in [1.165, 1.54) is 28.6 Å². The Bertz CT molecular complexity index is 2520. The van der Waals surface area contributed by atoms with Crippen LogP contribution < -0.4 is 25.8 Å². The SMILES string of the molecule is O=C(NCCOCCNCc1cc(Br)ccc1OCc1ccc(F)c(C(F)(F)F)c1)c1cnc(N/N=C2/C(=O)N(c3nc(-c4ccccc4)cs3)N=C2c2ccccc2)s1. The first-order valence-electron chi connectivity index (χ1n) is 18.2. The summed E-state index contributed by atoms with van der Waals surface area (Å²) in [5, 5.41) is 18.8. The standard InChI is InChI=1S/C41H33BrF4N8O4S2/c42-29-12-14-33(58-23-25-11-13-31(43)30(19-25)41(44,45)46)28(20-29)21-47-15-17-57-18-16-48-37(55)34-22-49-39(60-34)52-51-36-35(27-9-5-2-6-10-27)53-54(38(36)56)40-50-32(24-59-40)26-7-3-1-4-8-26/h1-14,19-20,22,24,47H,15-18,21,23H2,(H,48,55)(H,49,52)/b51-36+. The summed E-state index contributed by atoms with van der Waals surface area (Å²) in [7, 11) is 0. The maximum absolute atomic E-state index is 13.7. The number of halogens is 5. The van der Waals surface area contributed by atoms with Gasteiger partial charge in [-0.25, -0.2) is 14.4 Å². The fourth-order valence-electron chi connectivity index (χ4n) is 5.71. The molecule has 0 saturated carbocycles. The van der Waals surface area contributed by atoms with Gasteiger partial charge in [0.15, 0.2) is 5.71 Å². The zero-order chi connectivity index (χ0) is 42.1. The van der Waals surface area contributed by atoms with Crippen LogP contribution in [-0.4, -0.2) is 59.5 Å². The van der Waals surface area contributed by atoms with Crippen LogP contribution in [0.3, 0.4) is 0 Å². The summed E-state index contributed by atoms with van der Waals surface area (Å²) in [5.74, 6) is -1.72. The van der Waals surface area contributed by atoms with Crippen molar-refractivity contribution in [2.75, 3.05) is 36.7 Å². The Morgan fingerprint density at radius 2 is 1.68 bits per heavy atom. The second-order valence-electron chi connectivity index (χ2n) is 12.8. The lowest BCUT2D eigenvalue weighted by Crippen LogP contribution is -2.28. The van der Waals surface area contributed by atoms with Crippen LogP contribution in [-0.2, 0) is 28.9 Å². The molecule has 19 heteroatoms. The smallest absolute Gasteiger partial charge is 0.419 e. The Labute approximate surface area is 357 Å². The average molecular weight is 922 g/mol. The number of thiazole rings is 2. The maximum Gasteiger partial charge on any atom is 0.419 e. The number of ether oxygens (including phenoxy) is 2. The summed E-state index contributed by atoms with van der Waals surface area (Å²) in [5.41, 5.74) is 5.12. The summed E-state index contributed by atoms with van der Waals surface area (Å²) in [6.45, 7) is 1.43. The normalized spacial score (nSPS) is 13.5. The molecule has 3 heterocycles. The Balaban J connectivity index is 0.859. The van der Waals surface area contributed by atoms with Gasteiger partial charge in [-0.3, -0.25) is 15.0 Å². The summed E-state index contributed by atoms with van der Waals surface area (Å²) < 4.78 is 65.3. The Morgan fingerprint density at radius 1 is 0.933 bits per heavy atom. The van der Waals surface area contributed by atoms with Crippen LogP contribution in [0.2, 0.25) is 0 Å². The molecule has 0 saturated heterocycles. The highest BCUT2D eigenvalue weighted by atomic mass is 79.9. The molecule has 308 valence electrons. The summed E-state index contributed by atoms with van der Waals surface area (Å²) in [6, 6.07) is 26.8. The van der Waals surface area contributed by atoms with Crippen LogP contribution >= 0.6 is 38.6 Å². The number of carbonyl (C=O) groups excluding carboxylic acids is 2. The van der Waals surface area contributed by atoms with Crippen molar-refractivity contribution in [1.29, 1.82) is 0 Å². The molecule has 7 rings (SSSR count). The van der Waals surface area contributed by atoms with Crippen molar-refractivity contribution in [3.63, 3.8) is 0 Å². The number of hydrogen-bond donors (Lipinski definition) is 3. The largest absolute Gasteiger partial charge is 0.489 e. The number of hydrogen-bond acceptors (Lipinski definition) is 12. The predicted octanol–water partition coefficient (Wildman–Crippen LogP) is 8.52. The predicted molar refractivity (Wildman–Crippen MR) is 226 cm³/mol. The fourth-order valence-corrected chi connectivity index (χ4v) is 7.58. The van der Waals surface area contributed by atoms with Gasteiger partial charge in [-0.2, -0.15) is 28.4 Å². The second kappa shape index (κ2) is 19.5. The third-order valence-corrected chi connectivity index (χ3v) is 10.8. The lowest BCUT2D eigenvalue weighted by Gasteiger charge is -2.14. The van der Waals surface area contributed by atoms with Crippen LogP contribution in [0.15, 0.2) is 123 Å². The minimum Gasteiger partial charge on any atom is -0.489 e. The van der Waals surface area contributed by atoms with Gasteiger partial charge >= 0.3 is 12.1 Å². The number of hydrazone groups is 2. The second-order valence-corrected chi connectivity index (χ2v) is 15.6. The number of benzene rings is 4. The van der Waals surface area contributed by atoms with Crippen molar-refractivity contribution in [2.45, 2.75) is 19.3 Å². The van der Waals surface area contributed by atoms with Gasteiger partial charge in [-0.15, -0.1) is 11.3 Å². The molecule has 0 unspecified atom stereocenters. The highest BCUT2D eigenvalue weighted by Crippen LogP contribution is 2.33. The van der Waals surface area contributed by atoms with E-state index in [1.807, 2.05) is 72.1 Å². The molecule has 4 aromatic carbocycles. The number of nitrogens with zero attached hydrogens (tertiary/aromatic N) is 5. The van der Waals surface area contributed by atoms with Crippen molar-refractivity contribution < 1.29 is 36.6 Å². The van der Waals surface area contributed by atoms with E-state index in [-0.39, 0.29) is 36.9 Å². The summed E-state index contributed by atoms with van der Waals surface area (Å²) in [6.07, 6.45) is -3.41. The van der Waals surface area contributed by atoms with E-state index < -0.39 is 23.5 Å². The van der Waals surface area contributed by atoms with E-state index >= 15 is 0 Å². The lowest BCUT2D eigenvalue weighted by atomic mass is 10.1. The van der Waals surface area contributed by atoms with Crippen LogP contribution in [0.1, 0.15) is 31.9 Å². The first-order chi connectivity index (χ1) is 29.0. The van der Waals surface area contributed by atoms with Crippen molar-refractivity contribution >= 4 is 72.1 Å². The molecular weight excluding hydrogens is 889 g/mol. The molecule has 6 aromatic rings. The quantitative estimate of drug-likeness (QED) is 0.0470. The molecule has 60 heavy (non-hydrogen) atoms. The Kier molecular flexibility index (Phi) is 13.7. The number of amides is 2. The van der Waals surface area contributed by atoms with Crippen LogP contribution in [0.4, 0.5) is 27.8 Å². The number of nitrogens with one attached hydrogen (secondary N) is 3. The molecule has 0 bridgehead atoms. The average Bonchev–Trinajstić information content (AvgIpc) is 4.01. The molecule has 3 N–H and O–H groups in total. The molecule has 12 nitrogen and oxygen atoms in total. The van der Waals surface area contributed by atoms with Gasteiger partial charge < -0.3 is 20.1 Å². The van der Waals surface area contributed by atoms with Crippen molar-refractivity contribution in [3.8, 4) is 17.0 Å². The first kappa shape index (κ1) is 42.3. The van der Waals surface area contributed by atoms with Gasteiger partial charge in [-0.1, -0.05) is 94.0 Å². The molecule has 0 fully saturated rings. The van der Waals surface area contributed by atoms with E-state index in [1.54, 1.807) is 12.1 Å². The van der Waals surface area contributed by atoms with Crippen LogP contribution in [0.25, 0.3) is 11.3 Å². The number of alkyl halides is 3. The zero-order valence-electron chi connectivity index (χ0n) is 31.2. The highest BCUT2D eigenvalue weighted by Gasteiger charge is 2.36. The third-order valence-electron chi connectivity index (χ3n) is 8.63.